The lowest BCUT2D eigenvalue weighted by Gasteiger charge is -2.45. The fourth-order valence-electron chi connectivity index (χ4n) is 3.33. The Morgan fingerprint density at radius 3 is 2.53 bits per heavy atom. The van der Waals surface area contributed by atoms with Gasteiger partial charge in [-0.1, -0.05) is 6.42 Å². The number of hydrogen-bond donors (Lipinski definition) is 2. The van der Waals surface area contributed by atoms with Crippen molar-refractivity contribution in [2.45, 2.75) is 56.7 Å². The molecule has 0 spiro atoms. The normalized spacial score (nSPS) is 34.0. The molecule has 0 radical (unpaired) electrons. The monoisotopic (exact) mass is 263 g/mol. The molecule has 0 aromatic carbocycles. The van der Waals surface area contributed by atoms with Gasteiger partial charge in [0.1, 0.15) is 0 Å². The molecule has 2 atom stereocenters. The summed E-state index contributed by atoms with van der Waals surface area (Å²) in [6.07, 6.45) is 8.48. The summed E-state index contributed by atoms with van der Waals surface area (Å²) in [4.78, 5) is 8.34. The molecule has 2 unspecified atom stereocenters. The predicted octanol–water partition coefficient (Wildman–Crippen LogP) is 1.37. The molecule has 1 aromatic heterocycles. The highest BCUT2D eigenvalue weighted by Gasteiger charge is 2.42. The van der Waals surface area contributed by atoms with E-state index in [1.165, 1.54) is 6.42 Å². The second kappa shape index (κ2) is 5.06. The molecule has 2 saturated heterocycles. The average molecular weight is 263 g/mol. The Kier molecular flexibility index (Phi) is 3.41. The number of ether oxygens (including phenoxy) is 1. The number of aliphatic hydroxyl groups is 1. The highest BCUT2D eigenvalue weighted by molar-refractivity contribution is 5.19. The maximum absolute atomic E-state index is 10.9. The van der Waals surface area contributed by atoms with Crippen LogP contribution in [0.25, 0.3) is 0 Å². The van der Waals surface area contributed by atoms with E-state index in [4.69, 9.17) is 4.74 Å². The Bertz CT molecular complexity index is 423. The molecule has 2 fully saturated rings. The zero-order chi connectivity index (χ0) is 13.3. The molecule has 0 aliphatic carbocycles. The molecule has 0 saturated carbocycles. The van der Waals surface area contributed by atoms with Crippen molar-refractivity contribution in [1.82, 2.24) is 15.3 Å². The van der Waals surface area contributed by atoms with Crippen LogP contribution in [0.2, 0.25) is 0 Å². The van der Waals surface area contributed by atoms with Gasteiger partial charge >= 0.3 is 6.01 Å². The Morgan fingerprint density at radius 2 is 1.95 bits per heavy atom. The SMILES string of the molecule is CCOc1ncc(C2(O)CC3CCCC(C2)N3)cn1. The lowest BCUT2D eigenvalue weighted by atomic mass is 9.74. The molecule has 2 N–H and O–H groups in total. The molecule has 2 bridgehead atoms. The standard InChI is InChI=1S/C14H21N3O2/c1-2-19-13-15-8-10(9-16-13)14(18)6-11-4-3-5-12(7-14)17-11/h8-9,11-12,17-18H,2-7H2,1H3. The first-order chi connectivity index (χ1) is 9.19. The minimum absolute atomic E-state index is 0.379. The third kappa shape index (κ3) is 2.58. The molecular formula is C14H21N3O2. The summed E-state index contributed by atoms with van der Waals surface area (Å²) in [7, 11) is 0. The van der Waals surface area contributed by atoms with Gasteiger partial charge in [0, 0.05) is 30.0 Å². The second-order valence-corrected chi connectivity index (χ2v) is 5.62. The Labute approximate surface area is 113 Å². The fraction of sp³-hybridized carbons (Fsp3) is 0.714. The van der Waals surface area contributed by atoms with E-state index in [1.807, 2.05) is 6.92 Å². The first-order valence-electron chi connectivity index (χ1n) is 7.13. The van der Waals surface area contributed by atoms with Crippen molar-refractivity contribution in [2.24, 2.45) is 0 Å². The molecule has 3 heterocycles. The van der Waals surface area contributed by atoms with E-state index in [1.54, 1.807) is 12.4 Å². The van der Waals surface area contributed by atoms with Crippen LogP contribution in [0.4, 0.5) is 0 Å². The van der Waals surface area contributed by atoms with Crippen LogP contribution in [0.1, 0.15) is 44.6 Å². The third-order valence-corrected chi connectivity index (χ3v) is 4.18. The molecule has 0 amide bonds. The van der Waals surface area contributed by atoms with Gasteiger partial charge in [0.2, 0.25) is 0 Å². The number of nitrogens with one attached hydrogen (secondary N) is 1. The fourth-order valence-corrected chi connectivity index (χ4v) is 3.33. The largest absolute Gasteiger partial charge is 0.464 e. The van der Waals surface area contributed by atoms with Gasteiger partial charge in [0.25, 0.3) is 0 Å². The predicted molar refractivity (Wildman–Crippen MR) is 70.9 cm³/mol. The van der Waals surface area contributed by atoms with Crippen molar-refractivity contribution in [2.75, 3.05) is 6.61 Å². The van der Waals surface area contributed by atoms with Gasteiger partial charge in [0.15, 0.2) is 0 Å². The van der Waals surface area contributed by atoms with E-state index in [0.717, 1.165) is 31.2 Å². The minimum Gasteiger partial charge on any atom is -0.464 e. The van der Waals surface area contributed by atoms with E-state index in [2.05, 4.69) is 15.3 Å². The van der Waals surface area contributed by atoms with Gasteiger partial charge in [-0.3, -0.25) is 0 Å². The number of fused-ring (bicyclic) bond motifs is 2. The highest BCUT2D eigenvalue weighted by Crippen LogP contribution is 2.39. The van der Waals surface area contributed by atoms with Gasteiger partial charge in [-0.05, 0) is 32.6 Å². The van der Waals surface area contributed by atoms with Crippen molar-refractivity contribution in [1.29, 1.82) is 0 Å². The minimum atomic E-state index is -0.786. The van der Waals surface area contributed by atoms with Gasteiger partial charge in [-0.25, -0.2) is 9.97 Å². The van der Waals surface area contributed by atoms with Crippen molar-refractivity contribution < 1.29 is 9.84 Å². The molecule has 104 valence electrons. The summed E-state index contributed by atoms with van der Waals surface area (Å²) in [5.41, 5.74) is 0.0283. The van der Waals surface area contributed by atoms with Crippen LogP contribution in [0.5, 0.6) is 6.01 Å². The van der Waals surface area contributed by atoms with Gasteiger partial charge < -0.3 is 15.2 Å². The summed E-state index contributed by atoms with van der Waals surface area (Å²) in [6, 6.07) is 1.22. The van der Waals surface area contributed by atoms with E-state index >= 15 is 0 Å². The summed E-state index contributed by atoms with van der Waals surface area (Å²) >= 11 is 0. The van der Waals surface area contributed by atoms with Crippen LogP contribution in [-0.4, -0.2) is 33.8 Å². The summed E-state index contributed by atoms with van der Waals surface area (Å²) in [5.74, 6) is 0. The molecule has 5 heteroatoms. The third-order valence-electron chi connectivity index (χ3n) is 4.18. The molecule has 5 nitrogen and oxygen atoms in total. The number of piperidine rings is 2. The highest BCUT2D eigenvalue weighted by atomic mass is 16.5. The van der Waals surface area contributed by atoms with Crippen LogP contribution in [0.15, 0.2) is 12.4 Å². The number of nitrogens with zero attached hydrogens (tertiary/aromatic N) is 2. The zero-order valence-corrected chi connectivity index (χ0v) is 11.3. The van der Waals surface area contributed by atoms with E-state index in [-0.39, 0.29) is 0 Å². The van der Waals surface area contributed by atoms with Crippen molar-refractivity contribution in [3.05, 3.63) is 18.0 Å². The first-order valence-corrected chi connectivity index (χ1v) is 7.13. The first kappa shape index (κ1) is 12.8. The molecule has 19 heavy (non-hydrogen) atoms. The van der Waals surface area contributed by atoms with E-state index in [0.29, 0.717) is 24.7 Å². The number of hydrogen-bond acceptors (Lipinski definition) is 5. The molecule has 2 aliphatic heterocycles. The van der Waals surface area contributed by atoms with E-state index in [9.17, 15) is 5.11 Å². The van der Waals surface area contributed by atoms with Crippen LogP contribution in [0, 0.1) is 0 Å². The summed E-state index contributed by atoms with van der Waals surface area (Å²) in [6.45, 7) is 2.45. The topological polar surface area (TPSA) is 67.3 Å². The number of aromatic nitrogens is 2. The molecule has 3 rings (SSSR count). The van der Waals surface area contributed by atoms with Crippen LogP contribution >= 0.6 is 0 Å². The lowest BCUT2D eigenvalue weighted by molar-refractivity contribution is -0.0364. The average Bonchev–Trinajstić information content (AvgIpc) is 2.39. The zero-order valence-electron chi connectivity index (χ0n) is 11.3. The Hall–Kier alpha value is -1.20. The number of rotatable bonds is 3. The van der Waals surface area contributed by atoms with Crippen molar-refractivity contribution >= 4 is 0 Å². The van der Waals surface area contributed by atoms with Crippen LogP contribution in [0.3, 0.4) is 0 Å². The summed E-state index contributed by atoms with van der Waals surface area (Å²) < 4.78 is 5.24. The quantitative estimate of drug-likeness (QED) is 0.862. The van der Waals surface area contributed by atoms with E-state index < -0.39 is 5.60 Å². The Balaban J connectivity index is 1.79. The van der Waals surface area contributed by atoms with Crippen molar-refractivity contribution in [3.63, 3.8) is 0 Å². The van der Waals surface area contributed by atoms with Crippen molar-refractivity contribution in [3.8, 4) is 6.01 Å². The Morgan fingerprint density at radius 1 is 1.32 bits per heavy atom. The van der Waals surface area contributed by atoms with Gasteiger partial charge in [-0.2, -0.15) is 0 Å². The molecular weight excluding hydrogens is 242 g/mol. The van der Waals surface area contributed by atoms with Gasteiger partial charge in [0.05, 0.1) is 12.2 Å². The lowest BCUT2D eigenvalue weighted by Crippen LogP contribution is -2.54. The van der Waals surface area contributed by atoms with Crippen LogP contribution < -0.4 is 10.1 Å². The maximum atomic E-state index is 10.9. The van der Waals surface area contributed by atoms with Gasteiger partial charge in [-0.15, -0.1) is 0 Å². The molecule has 2 aliphatic rings. The maximum Gasteiger partial charge on any atom is 0.316 e. The van der Waals surface area contributed by atoms with Crippen LogP contribution in [-0.2, 0) is 5.60 Å². The second-order valence-electron chi connectivity index (χ2n) is 5.62. The smallest absolute Gasteiger partial charge is 0.316 e. The summed E-state index contributed by atoms with van der Waals surface area (Å²) in [5, 5.41) is 14.5. The molecule has 1 aromatic rings.